The first-order valence-corrected chi connectivity index (χ1v) is 4.51. The molecule has 0 aliphatic carbocycles. The first kappa shape index (κ1) is 7.90. The van der Waals surface area contributed by atoms with Crippen LogP contribution in [0, 0.1) is 11.3 Å². The minimum Gasteiger partial charge on any atom is -0.396 e. The van der Waals surface area contributed by atoms with Gasteiger partial charge in [-0.05, 0) is 12.1 Å². The molecule has 0 atom stereocenters. The Morgan fingerprint density at radius 2 is 2.08 bits per heavy atom. The fraction of sp³-hybridized carbons (Fsp3) is 0. The van der Waals surface area contributed by atoms with Crippen LogP contribution >= 0.6 is 11.3 Å². The van der Waals surface area contributed by atoms with Gasteiger partial charge in [-0.15, -0.1) is 11.3 Å². The molecule has 4 heteroatoms. The Morgan fingerprint density at radius 3 is 2.77 bits per heavy atom. The highest BCUT2D eigenvalue weighted by molar-refractivity contribution is 7.23. The molecule has 1 heterocycles. The Bertz CT molecular complexity index is 507. The summed E-state index contributed by atoms with van der Waals surface area (Å²) in [6, 6.07) is 7.44. The van der Waals surface area contributed by atoms with Crippen LogP contribution in [0.5, 0.6) is 0 Å². The Hall–Kier alpha value is -1.73. The molecule has 0 amide bonds. The van der Waals surface area contributed by atoms with Crippen molar-refractivity contribution in [3.05, 3.63) is 23.8 Å². The third-order valence-corrected chi connectivity index (χ3v) is 2.88. The molecule has 0 unspecified atom stereocenters. The highest BCUT2D eigenvalue weighted by Crippen LogP contribution is 2.35. The van der Waals surface area contributed by atoms with Crippen molar-refractivity contribution in [1.82, 2.24) is 0 Å². The molecule has 0 aliphatic rings. The summed E-state index contributed by atoms with van der Waals surface area (Å²) in [5.41, 5.74) is 12.6. The van der Waals surface area contributed by atoms with Gasteiger partial charge in [0.05, 0.1) is 17.3 Å². The van der Waals surface area contributed by atoms with E-state index in [-0.39, 0.29) is 0 Å². The van der Waals surface area contributed by atoms with Gasteiger partial charge in [-0.1, -0.05) is 6.07 Å². The van der Waals surface area contributed by atoms with Gasteiger partial charge in [0.1, 0.15) is 5.00 Å². The van der Waals surface area contributed by atoms with E-state index in [1.54, 1.807) is 12.1 Å². The van der Waals surface area contributed by atoms with Crippen LogP contribution in [0.1, 0.15) is 5.56 Å². The zero-order chi connectivity index (χ0) is 9.42. The molecule has 0 spiro atoms. The topological polar surface area (TPSA) is 75.8 Å². The summed E-state index contributed by atoms with van der Waals surface area (Å²) in [6.07, 6.45) is 0. The maximum Gasteiger partial charge on any atom is 0.110 e. The summed E-state index contributed by atoms with van der Waals surface area (Å²) in [5, 5.41) is 10.2. The summed E-state index contributed by atoms with van der Waals surface area (Å²) in [4.78, 5) is 0. The van der Waals surface area contributed by atoms with Gasteiger partial charge < -0.3 is 11.5 Å². The van der Waals surface area contributed by atoms with Gasteiger partial charge in [0.2, 0.25) is 0 Å². The zero-order valence-corrected chi connectivity index (χ0v) is 7.56. The second-order valence-corrected chi connectivity index (χ2v) is 3.79. The van der Waals surface area contributed by atoms with Crippen LogP contribution in [-0.4, -0.2) is 0 Å². The van der Waals surface area contributed by atoms with Crippen LogP contribution in [0.15, 0.2) is 18.2 Å². The van der Waals surface area contributed by atoms with Crippen molar-refractivity contribution in [3.8, 4) is 6.07 Å². The number of nitriles is 1. The molecule has 13 heavy (non-hydrogen) atoms. The molecule has 4 N–H and O–H groups in total. The Morgan fingerprint density at radius 1 is 1.31 bits per heavy atom. The molecular formula is C9H7N3S. The maximum absolute atomic E-state index is 8.67. The van der Waals surface area contributed by atoms with Crippen LogP contribution in [0.25, 0.3) is 10.1 Å². The summed E-state index contributed by atoms with van der Waals surface area (Å²) in [7, 11) is 0. The van der Waals surface area contributed by atoms with E-state index in [9.17, 15) is 0 Å². The van der Waals surface area contributed by atoms with E-state index in [1.807, 2.05) is 6.07 Å². The normalized spacial score (nSPS) is 10.1. The Kier molecular flexibility index (Phi) is 1.61. The third kappa shape index (κ3) is 1.10. The summed E-state index contributed by atoms with van der Waals surface area (Å²) >= 11 is 1.41. The molecule has 2 rings (SSSR count). The molecule has 0 aliphatic heterocycles. The summed E-state index contributed by atoms with van der Waals surface area (Å²) in [6.45, 7) is 0. The smallest absolute Gasteiger partial charge is 0.110 e. The van der Waals surface area contributed by atoms with Crippen LogP contribution in [0.3, 0.4) is 0 Å². The Labute approximate surface area is 79.2 Å². The standard InChI is InChI=1S/C9H7N3S/c10-4-5-1-2-6-7(3-5)13-9(12)8(6)11/h1-3H,11-12H2. The van der Waals surface area contributed by atoms with Crippen molar-refractivity contribution in [2.24, 2.45) is 0 Å². The number of nitrogens with two attached hydrogens (primary N) is 2. The molecule has 64 valence electrons. The minimum absolute atomic E-state index is 0.615. The first-order valence-electron chi connectivity index (χ1n) is 3.70. The van der Waals surface area contributed by atoms with Crippen molar-refractivity contribution in [2.45, 2.75) is 0 Å². The monoisotopic (exact) mass is 189 g/mol. The molecule has 0 radical (unpaired) electrons. The average molecular weight is 189 g/mol. The van der Waals surface area contributed by atoms with E-state index >= 15 is 0 Å². The van der Waals surface area contributed by atoms with Crippen molar-refractivity contribution >= 4 is 32.1 Å². The van der Waals surface area contributed by atoms with Gasteiger partial charge in [-0.3, -0.25) is 0 Å². The maximum atomic E-state index is 8.67. The molecular weight excluding hydrogens is 182 g/mol. The lowest BCUT2D eigenvalue weighted by molar-refractivity contribution is 1.50. The average Bonchev–Trinajstić information content (AvgIpc) is 2.42. The van der Waals surface area contributed by atoms with Crippen LogP contribution in [-0.2, 0) is 0 Å². The van der Waals surface area contributed by atoms with Gasteiger partial charge in [0.25, 0.3) is 0 Å². The van der Waals surface area contributed by atoms with Crippen LogP contribution in [0.2, 0.25) is 0 Å². The van der Waals surface area contributed by atoms with Gasteiger partial charge in [0.15, 0.2) is 0 Å². The molecule has 2 aromatic rings. The number of hydrogen-bond donors (Lipinski definition) is 2. The molecule has 1 aromatic heterocycles. The zero-order valence-electron chi connectivity index (χ0n) is 6.74. The second-order valence-electron chi connectivity index (χ2n) is 2.70. The number of rotatable bonds is 0. The van der Waals surface area contributed by atoms with Gasteiger partial charge in [0, 0.05) is 10.1 Å². The molecule has 1 aromatic carbocycles. The molecule has 0 fully saturated rings. The highest BCUT2D eigenvalue weighted by Gasteiger charge is 2.06. The SMILES string of the molecule is N#Cc1ccc2c(N)c(N)sc2c1. The predicted octanol–water partition coefficient (Wildman–Crippen LogP) is 1.94. The molecule has 3 nitrogen and oxygen atoms in total. The summed E-state index contributed by atoms with van der Waals surface area (Å²) in [5.74, 6) is 0. The fourth-order valence-electron chi connectivity index (χ4n) is 1.21. The third-order valence-electron chi connectivity index (χ3n) is 1.89. The van der Waals surface area contributed by atoms with Crippen molar-refractivity contribution in [2.75, 3.05) is 11.5 Å². The van der Waals surface area contributed by atoms with Gasteiger partial charge >= 0.3 is 0 Å². The van der Waals surface area contributed by atoms with E-state index < -0.39 is 0 Å². The van der Waals surface area contributed by atoms with Crippen molar-refractivity contribution in [1.29, 1.82) is 5.26 Å². The fourth-order valence-corrected chi connectivity index (χ4v) is 2.14. The number of benzene rings is 1. The van der Waals surface area contributed by atoms with E-state index in [0.29, 0.717) is 16.3 Å². The largest absolute Gasteiger partial charge is 0.396 e. The summed E-state index contributed by atoms with van der Waals surface area (Å²) < 4.78 is 0.967. The number of hydrogen-bond acceptors (Lipinski definition) is 4. The van der Waals surface area contributed by atoms with Crippen LogP contribution < -0.4 is 11.5 Å². The first-order chi connectivity index (χ1) is 6.22. The van der Waals surface area contributed by atoms with Crippen LogP contribution in [0.4, 0.5) is 10.7 Å². The van der Waals surface area contributed by atoms with Crippen molar-refractivity contribution < 1.29 is 0 Å². The quantitative estimate of drug-likeness (QED) is 0.664. The number of nitrogens with zero attached hydrogens (tertiary/aromatic N) is 1. The lowest BCUT2D eigenvalue weighted by Crippen LogP contribution is -1.88. The van der Waals surface area contributed by atoms with E-state index in [2.05, 4.69) is 6.07 Å². The van der Waals surface area contributed by atoms with Crippen molar-refractivity contribution in [3.63, 3.8) is 0 Å². The number of fused-ring (bicyclic) bond motifs is 1. The predicted molar refractivity (Wildman–Crippen MR) is 55.4 cm³/mol. The van der Waals surface area contributed by atoms with E-state index in [4.69, 9.17) is 16.7 Å². The highest BCUT2D eigenvalue weighted by atomic mass is 32.1. The van der Waals surface area contributed by atoms with E-state index in [1.165, 1.54) is 11.3 Å². The van der Waals surface area contributed by atoms with Gasteiger partial charge in [-0.2, -0.15) is 5.26 Å². The number of thiophene rings is 1. The molecule has 0 bridgehead atoms. The van der Waals surface area contributed by atoms with E-state index in [0.717, 1.165) is 10.1 Å². The molecule has 0 saturated carbocycles. The lowest BCUT2D eigenvalue weighted by atomic mass is 10.2. The Balaban J connectivity index is 2.82. The second kappa shape index (κ2) is 2.64. The minimum atomic E-state index is 0.615. The number of anilines is 2. The van der Waals surface area contributed by atoms with Gasteiger partial charge in [-0.25, -0.2) is 0 Å². The molecule has 0 saturated heterocycles. The number of nitrogen functional groups attached to an aromatic ring is 2. The lowest BCUT2D eigenvalue weighted by Gasteiger charge is -1.91.